The van der Waals surface area contributed by atoms with Crippen LogP contribution in [-0.4, -0.2) is 16.5 Å². The third-order valence-corrected chi connectivity index (χ3v) is 4.07. The third-order valence-electron chi connectivity index (χ3n) is 4.07. The van der Waals surface area contributed by atoms with Crippen LogP contribution in [0.4, 0.5) is 17.5 Å². The quantitative estimate of drug-likeness (QED) is 0.699. The number of anilines is 3. The predicted molar refractivity (Wildman–Crippen MR) is 104 cm³/mol. The molecule has 3 rings (SSSR count). The Kier molecular flexibility index (Phi) is 5.29. The van der Waals surface area contributed by atoms with Crippen LogP contribution in [0.5, 0.6) is 0 Å². The Hall–Kier alpha value is -2.88. The molecule has 0 bridgehead atoms. The number of nitrogens with zero attached hydrogens (tertiary/aromatic N) is 3. The molecular formula is C21H24N4. The minimum Gasteiger partial charge on any atom is -0.366 e. The number of benzene rings is 2. The van der Waals surface area contributed by atoms with Crippen LogP contribution in [0, 0.1) is 13.8 Å². The molecule has 0 radical (unpaired) electrons. The maximum Gasteiger partial charge on any atom is 0.231 e. The van der Waals surface area contributed by atoms with E-state index in [0.29, 0.717) is 5.95 Å². The van der Waals surface area contributed by atoms with E-state index in [1.807, 2.05) is 6.07 Å². The summed E-state index contributed by atoms with van der Waals surface area (Å²) in [6, 6.07) is 18.8. The van der Waals surface area contributed by atoms with E-state index in [2.05, 4.69) is 84.5 Å². The Labute approximate surface area is 149 Å². The maximum absolute atomic E-state index is 4.69. The van der Waals surface area contributed by atoms with Crippen molar-refractivity contribution in [3.63, 3.8) is 0 Å². The van der Waals surface area contributed by atoms with Gasteiger partial charge in [0.1, 0.15) is 5.82 Å². The lowest BCUT2D eigenvalue weighted by Gasteiger charge is -2.21. The second-order valence-corrected chi connectivity index (χ2v) is 6.17. The van der Waals surface area contributed by atoms with Crippen LogP contribution in [0.2, 0.25) is 0 Å². The molecule has 0 unspecified atom stereocenters. The van der Waals surface area contributed by atoms with E-state index in [1.54, 1.807) is 6.20 Å². The molecular weight excluding hydrogens is 308 g/mol. The molecule has 128 valence electrons. The summed E-state index contributed by atoms with van der Waals surface area (Å²) in [5.74, 6) is 1.54. The van der Waals surface area contributed by atoms with E-state index in [-0.39, 0.29) is 0 Å². The first kappa shape index (κ1) is 17.0. The van der Waals surface area contributed by atoms with Gasteiger partial charge in [-0.2, -0.15) is 4.98 Å². The van der Waals surface area contributed by atoms with Crippen molar-refractivity contribution in [2.75, 3.05) is 16.8 Å². The van der Waals surface area contributed by atoms with Gasteiger partial charge in [0.15, 0.2) is 0 Å². The predicted octanol–water partition coefficient (Wildman–Crippen LogP) is 4.86. The number of aromatic nitrogens is 2. The molecule has 25 heavy (non-hydrogen) atoms. The molecule has 4 nitrogen and oxygen atoms in total. The van der Waals surface area contributed by atoms with E-state index in [0.717, 1.165) is 24.6 Å². The molecule has 0 saturated carbocycles. The van der Waals surface area contributed by atoms with Gasteiger partial charge >= 0.3 is 0 Å². The molecule has 0 aliphatic rings. The van der Waals surface area contributed by atoms with Crippen molar-refractivity contribution in [2.24, 2.45) is 0 Å². The summed E-state index contributed by atoms with van der Waals surface area (Å²) in [5.41, 5.74) is 4.84. The molecule has 0 amide bonds. The zero-order valence-corrected chi connectivity index (χ0v) is 15.0. The molecule has 1 N–H and O–H groups in total. The average Bonchev–Trinajstić information content (AvgIpc) is 2.61. The highest BCUT2D eigenvalue weighted by molar-refractivity contribution is 5.59. The highest BCUT2D eigenvalue weighted by Crippen LogP contribution is 2.23. The molecule has 0 saturated heterocycles. The first-order chi connectivity index (χ1) is 12.2. The summed E-state index contributed by atoms with van der Waals surface area (Å²) < 4.78 is 0. The zero-order chi connectivity index (χ0) is 17.6. The molecule has 0 aliphatic heterocycles. The van der Waals surface area contributed by atoms with Crippen molar-refractivity contribution < 1.29 is 0 Å². The Balaban J connectivity index is 1.78. The van der Waals surface area contributed by atoms with Crippen LogP contribution in [0.25, 0.3) is 0 Å². The van der Waals surface area contributed by atoms with Crippen LogP contribution < -0.4 is 10.2 Å². The summed E-state index contributed by atoms with van der Waals surface area (Å²) in [7, 11) is 0. The fourth-order valence-electron chi connectivity index (χ4n) is 2.83. The van der Waals surface area contributed by atoms with Crippen molar-refractivity contribution >= 4 is 17.5 Å². The third kappa shape index (κ3) is 4.35. The van der Waals surface area contributed by atoms with Gasteiger partial charge in [-0.3, -0.25) is 0 Å². The topological polar surface area (TPSA) is 41.1 Å². The van der Waals surface area contributed by atoms with Gasteiger partial charge in [-0.15, -0.1) is 0 Å². The number of nitrogens with one attached hydrogen (secondary N) is 1. The van der Waals surface area contributed by atoms with Crippen LogP contribution in [0.3, 0.4) is 0 Å². The standard InChI is InChI=1S/C21H24N4/c1-4-25(19-10-6-8-17(3)14-19)21-22-12-11-20(24-21)23-15-18-9-5-7-16(2)13-18/h5-14H,4,15H2,1-3H3,(H,22,23,24). The number of rotatable bonds is 6. The Morgan fingerprint density at radius 3 is 2.44 bits per heavy atom. The number of aryl methyl sites for hydroxylation is 2. The van der Waals surface area contributed by atoms with E-state index in [4.69, 9.17) is 4.98 Å². The molecule has 4 heteroatoms. The molecule has 0 fully saturated rings. The van der Waals surface area contributed by atoms with Crippen LogP contribution in [0.1, 0.15) is 23.6 Å². The highest BCUT2D eigenvalue weighted by atomic mass is 15.3. The molecule has 0 aliphatic carbocycles. The van der Waals surface area contributed by atoms with Gasteiger partial charge in [-0.05, 0) is 50.1 Å². The van der Waals surface area contributed by atoms with Gasteiger partial charge < -0.3 is 10.2 Å². The second kappa shape index (κ2) is 7.79. The fraction of sp³-hybridized carbons (Fsp3) is 0.238. The van der Waals surface area contributed by atoms with Crippen molar-refractivity contribution in [1.82, 2.24) is 9.97 Å². The minimum atomic E-state index is 0.711. The smallest absolute Gasteiger partial charge is 0.231 e. The number of hydrogen-bond donors (Lipinski definition) is 1. The Bertz CT molecular complexity index is 845. The van der Waals surface area contributed by atoms with Crippen molar-refractivity contribution in [3.05, 3.63) is 77.5 Å². The van der Waals surface area contributed by atoms with E-state index in [1.165, 1.54) is 16.7 Å². The minimum absolute atomic E-state index is 0.711. The molecule has 0 atom stereocenters. The fourth-order valence-corrected chi connectivity index (χ4v) is 2.83. The summed E-state index contributed by atoms with van der Waals surface area (Å²) >= 11 is 0. The summed E-state index contributed by atoms with van der Waals surface area (Å²) in [6.07, 6.45) is 1.80. The van der Waals surface area contributed by atoms with E-state index >= 15 is 0 Å². The van der Waals surface area contributed by atoms with Crippen molar-refractivity contribution in [3.8, 4) is 0 Å². The van der Waals surface area contributed by atoms with Crippen LogP contribution in [-0.2, 0) is 6.54 Å². The lowest BCUT2D eigenvalue weighted by Crippen LogP contribution is -2.19. The van der Waals surface area contributed by atoms with Crippen LogP contribution in [0.15, 0.2) is 60.8 Å². The SMILES string of the molecule is CCN(c1cccc(C)c1)c1nccc(NCc2cccc(C)c2)n1. The highest BCUT2D eigenvalue weighted by Gasteiger charge is 2.11. The van der Waals surface area contributed by atoms with Gasteiger partial charge in [-0.1, -0.05) is 42.0 Å². The maximum atomic E-state index is 4.69. The summed E-state index contributed by atoms with van der Waals surface area (Å²) in [4.78, 5) is 11.3. The Morgan fingerprint density at radius 2 is 1.72 bits per heavy atom. The zero-order valence-electron chi connectivity index (χ0n) is 15.0. The first-order valence-electron chi connectivity index (χ1n) is 8.62. The average molecular weight is 332 g/mol. The number of hydrogen-bond acceptors (Lipinski definition) is 4. The normalized spacial score (nSPS) is 10.5. The summed E-state index contributed by atoms with van der Waals surface area (Å²) in [6.45, 7) is 7.86. The van der Waals surface area contributed by atoms with Crippen molar-refractivity contribution in [2.45, 2.75) is 27.3 Å². The molecule has 1 aromatic heterocycles. The largest absolute Gasteiger partial charge is 0.366 e. The van der Waals surface area contributed by atoms with Gasteiger partial charge in [0.2, 0.25) is 5.95 Å². The molecule has 1 heterocycles. The van der Waals surface area contributed by atoms with Gasteiger partial charge in [-0.25, -0.2) is 4.98 Å². The van der Waals surface area contributed by atoms with Gasteiger partial charge in [0.25, 0.3) is 0 Å². The van der Waals surface area contributed by atoms with Gasteiger partial charge in [0, 0.05) is 25.0 Å². The van der Waals surface area contributed by atoms with Crippen molar-refractivity contribution in [1.29, 1.82) is 0 Å². The monoisotopic (exact) mass is 332 g/mol. The molecule has 0 spiro atoms. The Morgan fingerprint density at radius 1 is 0.960 bits per heavy atom. The first-order valence-corrected chi connectivity index (χ1v) is 8.62. The second-order valence-electron chi connectivity index (χ2n) is 6.17. The molecule has 3 aromatic rings. The van der Waals surface area contributed by atoms with Crippen LogP contribution >= 0.6 is 0 Å². The lowest BCUT2D eigenvalue weighted by atomic mass is 10.1. The summed E-state index contributed by atoms with van der Waals surface area (Å²) in [5, 5.41) is 3.39. The van der Waals surface area contributed by atoms with E-state index in [9.17, 15) is 0 Å². The van der Waals surface area contributed by atoms with E-state index < -0.39 is 0 Å². The molecule has 2 aromatic carbocycles. The van der Waals surface area contributed by atoms with Gasteiger partial charge in [0.05, 0.1) is 0 Å². The lowest BCUT2D eigenvalue weighted by molar-refractivity contribution is 0.941.